The van der Waals surface area contributed by atoms with Crippen molar-refractivity contribution in [2.24, 2.45) is 5.16 Å². The van der Waals surface area contributed by atoms with Gasteiger partial charge in [-0.25, -0.2) is 4.79 Å². The second-order valence-electron chi connectivity index (χ2n) is 2.32. The molecule has 0 spiro atoms. The van der Waals surface area contributed by atoms with E-state index in [-0.39, 0.29) is 0 Å². The summed E-state index contributed by atoms with van der Waals surface area (Å²) in [4.78, 5) is 25.6. The number of hydrogen-bond acceptors (Lipinski definition) is 7. The van der Waals surface area contributed by atoms with Crippen molar-refractivity contribution >= 4 is 27.6 Å². The van der Waals surface area contributed by atoms with E-state index in [1.165, 1.54) is 0 Å². The Morgan fingerprint density at radius 2 is 1.93 bits per heavy atom. The predicted octanol–water partition coefficient (Wildman–Crippen LogP) is -1.38. The zero-order chi connectivity index (χ0) is 12.1. The standard InChI is InChI=1S/C6H9NO7S/c1-13-7-5(6(9)10)4(8)3-14-15(2,11)12/h3H2,1-2H3,(H,9,10). The number of carbonyl (C=O) groups excluding carboxylic acids is 1. The van der Waals surface area contributed by atoms with Gasteiger partial charge in [0.25, 0.3) is 10.1 Å². The van der Waals surface area contributed by atoms with Gasteiger partial charge in [-0.2, -0.15) is 8.42 Å². The molecule has 1 N–H and O–H groups in total. The van der Waals surface area contributed by atoms with Crippen molar-refractivity contribution in [1.82, 2.24) is 0 Å². The third-order valence-electron chi connectivity index (χ3n) is 1.05. The summed E-state index contributed by atoms with van der Waals surface area (Å²) in [5.74, 6) is -2.73. The molecule has 86 valence electrons. The van der Waals surface area contributed by atoms with Gasteiger partial charge in [0.15, 0.2) is 0 Å². The second kappa shape index (κ2) is 5.41. The Morgan fingerprint density at radius 3 is 2.27 bits per heavy atom. The van der Waals surface area contributed by atoms with Crippen molar-refractivity contribution in [3.8, 4) is 0 Å². The number of rotatable bonds is 6. The summed E-state index contributed by atoms with van der Waals surface area (Å²) in [5.41, 5.74) is -0.929. The monoisotopic (exact) mass is 239 g/mol. The molecule has 0 aromatic heterocycles. The van der Waals surface area contributed by atoms with E-state index in [1.807, 2.05) is 0 Å². The molecule has 0 saturated heterocycles. The van der Waals surface area contributed by atoms with Crippen LogP contribution in [0.15, 0.2) is 5.16 Å². The summed E-state index contributed by atoms with van der Waals surface area (Å²) in [5, 5.41) is 11.4. The Morgan fingerprint density at radius 1 is 1.40 bits per heavy atom. The highest BCUT2D eigenvalue weighted by atomic mass is 32.2. The third-order valence-corrected chi connectivity index (χ3v) is 1.60. The zero-order valence-electron chi connectivity index (χ0n) is 7.96. The van der Waals surface area contributed by atoms with Crippen LogP contribution in [0.3, 0.4) is 0 Å². The van der Waals surface area contributed by atoms with Crippen molar-refractivity contribution in [1.29, 1.82) is 0 Å². The molecule has 0 bridgehead atoms. The topological polar surface area (TPSA) is 119 Å². The van der Waals surface area contributed by atoms with Gasteiger partial charge in [-0.1, -0.05) is 5.16 Å². The van der Waals surface area contributed by atoms with Crippen LogP contribution in [-0.4, -0.2) is 51.0 Å². The number of nitrogens with zero attached hydrogens (tertiary/aromatic N) is 1. The van der Waals surface area contributed by atoms with E-state index >= 15 is 0 Å². The average molecular weight is 239 g/mol. The highest BCUT2D eigenvalue weighted by molar-refractivity contribution is 7.86. The molecule has 0 fully saturated rings. The number of hydrogen-bond donors (Lipinski definition) is 1. The predicted molar refractivity (Wildman–Crippen MR) is 47.9 cm³/mol. The minimum absolute atomic E-state index is 0.730. The van der Waals surface area contributed by atoms with Gasteiger partial charge < -0.3 is 9.94 Å². The maximum Gasteiger partial charge on any atom is 0.361 e. The smallest absolute Gasteiger partial charge is 0.361 e. The summed E-state index contributed by atoms with van der Waals surface area (Å²) < 4.78 is 25.1. The molecule has 0 saturated carbocycles. The van der Waals surface area contributed by atoms with E-state index in [0.29, 0.717) is 0 Å². The summed E-state index contributed by atoms with van der Waals surface area (Å²) in [6.45, 7) is -0.923. The van der Waals surface area contributed by atoms with Gasteiger partial charge in [-0.05, 0) is 0 Å². The molecular weight excluding hydrogens is 230 g/mol. The van der Waals surface area contributed by atoms with Crippen LogP contribution >= 0.6 is 0 Å². The zero-order valence-corrected chi connectivity index (χ0v) is 8.78. The molecule has 0 atom stereocenters. The molecule has 0 aliphatic heterocycles. The molecule has 0 heterocycles. The summed E-state index contributed by atoms with van der Waals surface area (Å²) in [7, 11) is -2.75. The molecule has 0 aromatic rings. The van der Waals surface area contributed by atoms with Crippen molar-refractivity contribution in [2.45, 2.75) is 0 Å². The first-order valence-electron chi connectivity index (χ1n) is 3.50. The first-order chi connectivity index (χ1) is 6.78. The summed E-state index contributed by atoms with van der Waals surface area (Å²) in [6, 6.07) is 0. The largest absolute Gasteiger partial charge is 0.476 e. The maximum atomic E-state index is 11.0. The quantitative estimate of drug-likeness (QED) is 0.262. The summed E-state index contributed by atoms with van der Waals surface area (Å²) in [6.07, 6.45) is 0.730. The first kappa shape index (κ1) is 13.5. The third kappa shape index (κ3) is 5.75. The van der Waals surface area contributed by atoms with Gasteiger partial charge in [-0.3, -0.25) is 8.98 Å². The van der Waals surface area contributed by atoms with Crippen LogP contribution in [0.2, 0.25) is 0 Å². The molecule has 0 aromatic carbocycles. The van der Waals surface area contributed by atoms with Gasteiger partial charge in [0, 0.05) is 0 Å². The SMILES string of the molecule is CON=C(C(=O)O)C(=O)COS(C)(=O)=O. The molecular formula is C6H9NO7S. The lowest BCUT2D eigenvalue weighted by Gasteiger charge is -2.00. The minimum atomic E-state index is -3.80. The van der Waals surface area contributed by atoms with Gasteiger partial charge in [0.05, 0.1) is 6.26 Å². The Labute approximate surface area is 85.6 Å². The number of Topliss-reactive ketones (excluding diaryl/α,β-unsaturated/α-hetero) is 1. The normalized spacial score (nSPS) is 12.3. The highest BCUT2D eigenvalue weighted by Crippen LogP contribution is 1.91. The van der Waals surface area contributed by atoms with E-state index in [4.69, 9.17) is 5.11 Å². The van der Waals surface area contributed by atoms with Crippen LogP contribution in [0.4, 0.5) is 0 Å². The molecule has 0 amide bonds. The Bertz CT molecular complexity index is 382. The van der Waals surface area contributed by atoms with Crippen molar-refractivity contribution in [2.75, 3.05) is 20.0 Å². The van der Waals surface area contributed by atoms with Crippen LogP contribution in [-0.2, 0) is 28.7 Å². The van der Waals surface area contributed by atoms with Gasteiger partial charge in [0.2, 0.25) is 11.5 Å². The van der Waals surface area contributed by atoms with Crippen LogP contribution in [0, 0.1) is 0 Å². The summed E-state index contributed by atoms with van der Waals surface area (Å²) >= 11 is 0. The molecule has 8 nitrogen and oxygen atoms in total. The number of carboxylic acid groups (broad SMARTS) is 1. The lowest BCUT2D eigenvalue weighted by molar-refractivity contribution is -0.130. The fraction of sp³-hybridized carbons (Fsp3) is 0.500. The number of ketones is 1. The molecule has 0 rings (SSSR count). The second-order valence-corrected chi connectivity index (χ2v) is 3.96. The fourth-order valence-electron chi connectivity index (χ4n) is 0.529. The minimum Gasteiger partial charge on any atom is -0.476 e. The lowest BCUT2D eigenvalue weighted by Crippen LogP contribution is -2.28. The van der Waals surface area contributed by atoms with Gasteiger partial charge in [0.1, 0.15) is 13.7 Å². The number of carboxylic acids is 1. The molecule has 15 heavy (non-hydrogen) atoms. The molecule has 0 aliphatic carbocycles. The van der Waals surface area contributed by atoms with Crippen molar-refractivity contribution < 1.29 is 32.1 Å². The van der Waals surface area contributed by atoms with Gasteiger partial charge >= 0.3 is 5.97 Å². The maximum absolute atomic E-state index is 11.0. The van der Waals surface area contributed by atoms with E-state index in [1.54, 1.807) is 0 Å². The molecule has 0 radical (unpaired) electrons. The van der Waals surface area contributed by atoms with E-state index < -0.39 is 34.2 Å². The molecule has 9 heteroatoms. The molecule has 0 unspecified atom stereocenters. The lowest BCUT2D eigenvalue weighted by atomic mass is 10.2. The van der Waals surface area contributed by atoms with Crippen LogP contribution in [0.1, 0.15) is 0 Å². The fourth-order valence-corrected chi connectivity index (χ4v) is 0.851. The average Bonchev–Trinajstić information content (AvgIpc) is 2.08. The van der Waals surface area contributed by atoms with Crippen molar-refractivity contribution in [3.05, 3.63) is 0 Å². The van der Waals surface area contributed by atoms with Crippen LogP contribution in [0.5, 0.6) is 0 Å². The highest BCUT2D eigenvalue weighted by Gasteiger charge is 2.22. The van der Waals surface area contributed by atoms with E-state index in [9.17, 15) is 18.0 Å². The van der Waals surface area contributed by atoms with Crippen LogP contribution in [0.25, 0.3) is 0 Å². The number of aliphatic carboxylic acids is 1. The number of oxime groups is 1. The van der Waals surface area contributed by atoms with Crippen molar-refractivity contribution in [3.63, 3.8) is 0 Å². The Kier molecular flexibility index (Phi) is 4.88. The molecule has 0 aliphatic rings. The van der Waals surface area contributed by atoms with Crippen LogP contribution < -0.4 is 0 Å². The van der Waals surface area contributed by atoms with E-state index in [2.05, 4.69) is 14.2 Å². The van der Waals surface area contributed by atoms with E-state index in [0.717, 1.165) is 13.4 Å². The van der Waals surface area contributed by atoms with Gasteiger partial charge in [-0.15, -0.1) is 0 Å². The first-order valence-corrected chi connectivity index (χ1v) is 5.31. The Balaban J connectivity index is 4.56. The Hall–Kier alpha value is -1.48. The number of carbonyl (C=O) groups is 2.